The summed E-state index contributed by atoms with van der Waals surface area (Å²) in [5, 5.41) is -6.28. The molecule has 0 saturated heterocycles. The van der Waals surface area contributed by atoms with Gasteiger partial charge in [0, 0.05) is 8.95 Å². The van der Waals surface area contributed by atoms with Crippen molar-refractivity contribution in [2.45, 2.75) is 16.3 Å². The summed E-state index contributed by atoms with van der Waals surface area (Å²) in [6.45, 7) is 0. The maximum atomic E-state index is 12.9. The lowest BCUT2D eigenvalue weighted by molar-refractivity contribution is -0.241. The standard InChI is InChI=1S/C8H4Br2F5NO4S2/c9-4-1-5(10)3-6(2-4)21(17,18)16-22(19,20)8(14,15)7(11,12)13/h1-3,16H. The van der Waals surface area contributed by atoms with Gasteiger partial charge in [-0.15, -0.1) is 0 Å². The summed E-state index contributed by atoms with van der Waals surface area (Å²) in [5.74, 6) is 0. The minimum absolute atomic E-state index is 0.113. The first-order chi connectivity index (χ1) is 9.60. The zero-order valence-corrected chi connectivity index (χ0v) is 14.6. The van der Waals surface area contributed by atoms with Gasteiger partial charge in [-0.05, 0) is 18.2 Å². The minimum atomic E-state index is -6.58. The molecule has 0 unspecified atom stereocenters. The summed E-state index contributed by atoms with van der Waals surface area (Å²) in [4.78, 5) is -0.838. The van der Waals surface area contributed by atoms with Crippen LogP contribution in [0.4, 0.5) is 22.0 Å². The van der Waals surface area contributed by atoms with Gasteiger partial charge < -0.3 is 0 Å². The van der Waals surface area contributed by atoms with Crippen LogP contribution in [0.2, 0.25) is 0 Å². The molecule has 1 N–H and O–H groups in total. The van der Waals surface area contributed by atoms with Crippen LogP contribution < -0.4 is 4.13 Å². The smallest absolute Gasteiger partial charge is 0.206 e. The quantitative estimate of drug-likeness (QED) is 0.650. The van der Waals surface area contributed by atoms with Gasteiger partial charge in [-0.3, -0.25) is 0 Å². The Labute approximate surface area is 138 Å². The number of hydrogen-bond acceptors (Lipinski definition) is 4. The maximum Gasteiger partial charge on any atom is 0.471 e. The second-order valence-corrected chi connectivity index (χ2v) is 9.21. The first-order valence-electron chi connectivity index (χ1n) is 4.79. The van der Waals surface area contributed by atoms with E-state index in [-0.39, 0.29) is 8.95 Å². The molecule has 0 heterocycles. The largest absolute Gasteiger partial charge is 0.471 e. The van der Waals surface area contributed by atoms with Crippen LogP contribution in [0.25, 0.3) is 0 Å². The summed E-state index contributed by atoms with van der Waals surface area (Å²) in [5.41, 5.74) is 0. The molecular formula is C8H4Br2F5NO4S2. The van der Waals surface area contributed by atoms with E-state index in [2.05, 4.69) is 31.9 Å². The molecule has 0 aliphatic carbocycles. The van der Waals surface area contributed by atoms with Gasteiger partial charge in [0.25, 0.3) is 10.0 Å². The van der Waals surface area contributed by atoms with Crippen LogP contribution in [-0.2, 0) is 20.0 Å². The number of rotatable bonds is 4. The Hall–Kier alpha value is -0.310. The third-order valence-corrected chi connectivity index (χ3v) is 6.47. The average molecular weight is 497 g/mol. The highest BCUT2D eigenvalue weighted by Gasteiger charge is 2.68. The summed E-state index contributed by atoms with van der Waals surface area (Å²) in [6, 6.07) is 2.96. The van der Waals surface area contributed by atoms with Crippen molar-refractivity contribution >= 4 is 51.9 Å². The molecule has 0 amide bonds. The highest BCUT2D eigenvalue weighted by molar-refractivity contribution is 9.11. The van der Waals surface area contributed by atoms with Gasteiger partial charge in [0.1, 0.15) is 0 Å². The summed E-state index contributed by atoms with van der Waals surface area (Å²) < 4.78 is 108. The number of alkyl halides is 5. The van der Waals surface area contributed by atoms with Gasteiger partial charge in [0.15, 0.2) is 0 Å². The van der Waals surface area contributed by atoms with Crippen molar-refractivity contribution in [2.75, 3.05) is 0 Å². The molecule has 14 heteroatoms. The first kappa shape index (κ1) is 19.7. The van der Waals surface area contributed by atoms with Crippen molar-refractivity contribution in [1.29, 1.82) is 0 Å². The van der Waals surface area contributed by atoms with E-state index in [1.165, 1.54) is 6.07 Å². The van der Waals surface area contributed by atoms with Gasteiger partial charge in [-0.2, -0.15) is 22.0 Å². The van der Waals surface area contributed by atoms with Crippen LogP contribution in [0, 0.1) is 0 Å². The lowest BCUT2D eigenvalue weighted by atomic mass is 10.4. The SMILES string of the molecule is O=S(=O)(NS(=O)(=O)C(F)(F)C(F)(F)F)c1cc(Br)cc(Br)c1. The Morgan fingerprint density at radius 3 is 1.64 bits per heavy atom. The van der Waals surface area contributed by atoms with E-state index < -0.39 is 36.4 Å². The molecule has 126 valence electrons. The van der Waals surface area contributed by atoms with E-state index in [4.69, 9.17) is 0 Å². The molecular weight excluding hydrogens is 493 g/mol. The predicted octanol–water partition coefficient (Wildman–Crippen LogP) is 2.97. The van der Waals surface area contributed by atoms with Crippen LogP contribution in [-0.4, -0.2) is 28.3 Å². The van der Waals surface area contributed by atoms with Gasteiger partial charge in [-0.1, -0.05) is 36.0 Å². The van der Waals surface area contributed by atoms with Crippen molar-refractivity contribution in [1.82, 2.24) is 4.13 Å². The number of hydrogen-bond donors (Lipinski definition) is 1. The molecule has 0 spiro atoms. The van der Waals surface area contributed by atoms with Crippen LogP contribution in [0.3, 0.4) is 0 Å². The molecule has 0 radical (unpaired) electrons. The Morgan fingerprint density at radius 1 is 0.864 bits per heavy atom. The molecule has 1 aromatic carbocycles. The summed E-state index contributed by atoms with van der Waals surface area (Å²) >= 11 is 5.71. The zero-order valence-electron chi connectivity index (χ0n) is 9.83. The van der Waals surface area contributed by atoms with Crippen LogP contribution in [0.5, 0.6) is 0 Å². The normalized spacial score (nSPS) is 14.1. The third kappa shape index (κ3) is 3.96. The second kappa shape index (κ2) is 5.96. The predicted molar refractivity (Wildman–Crippen MR) is 72.1 cm³/mol. The molecule has 0 bridgehead atoms. The molecule has 0 aliphatic heterocycles. The van der Waals surface area contributed by atoms with Crippen molar-refractivity contribution in [3.8, 4) is 0 Å². The lowest BCUT2D eigenvalue weighted by Gasteiger charge is -2.19. The fourth-order valence-corrected chi connectivity index (χ4v) is 5.51. The molecule has 22 heavy (non-hydrogen) atoms. The van der Waals surface area contributed by atoms with Crippen molar-refractivity contribution in [3.63, 3.8) is 0 Å². The molecule has 0 saturated carbocycles. The van der Waals surface area contributed by atoms with Crippen molar-refractivity contribution in [2.24, 2.45) is 0 Å². The van der Waals surface area contributed by atoms with E-state index in [0.29, 0.717) is 4.13 Å². The minimum Gasteiger partial charge on any atom is -0.206 e. The van der Waals surface area contributed by atoms with E-state index in [1.807, 2.05) is 0 Å². The van der Waals surface area contributed by atoms with Gasteiger partial charge in [0.05, 0.1) is 4.90 Å². The molecule has 5 nitrogen and oxygen atoms in total. The molecule has 0 aromatic heterocycles. The highest BCUT2D eigenvalue weighted by Crippen LogP contribution is 2.39. The molecule has 1 rings (SSSR count). The summed E-state index contributed by atoms with van der Waals surface area (Å²) in [7, 11) is -11.8. The molecule has 1 aromatic rings. The molecule has 0 fully saturated rings. The first-order valence-corrected chi connectivity index (χ1v) is 9.34. The fraction of sp³-hybridized carbons (Fsp3) is 0.250. The monoisotopic (exact) mass is 495 g/mol. The van der Waals surface area contributed by atoms with Crippen LogP contribution in [0.15, 0.2) is 32.0 Å². The van der Waals surface area contributed by atoms with E-state index in [9.17, 15) is 38.8 Å². The third-order valence-electron chi connectivity index (χ3n) is 2.03. The van der Waals surface area contributed by atoms with Gasteiger partial charge >= 0.3 is 21.5 Å². The summed E-state index contributed by atoms with van der Waals surface area (Å²) in [6.07, 6.45) is -6.48. The van der Waals surface area contributed by atoms with E-state index >= 15 is 0 Å². The lowest BCUT2D eigenvalue weighted by Crippen LogP contribution is -2.51. The van der Waals surface area contributed by atoms with E-state index in [1.54, 1.807) is 0 Å². The van der Waals surface area contributed by atoms with E-state index in [0.717, 1.165) is 12.1 Å². The fourth-order valence-electron chi connectivity index (χ4n) is 1.08. The number of sulfonamides is 2. The Bertz CT molecular complexity index is 771. The highest BCUT2D eigenvalue weighted by atomic mass is 79.9. The molecule has 0 aliphatic rings. The number of benzene rings is 1. The average Bonchev–Trinajstić information content (AvgIpc) is 2.24. The van der Waals surface area contributed by atoms with Crippen molar-refractivity contribution < 1.29 is 38.8 Å². The van der Waals surface area contributed by atoms with Crippen LogP contribution >= 0.6 is 31.9 Å². The Morgan fingerprint density at radius 2 is 1.27 bits per heavy atom. The number of nitrogens with one attached hydrogen (secondary N) is 1. The van der Waals surface area contributed by atoms with Gasteiger partial charge in [0.2, 0.25) is 0 Å². The van der Waals surface area contributed by atoms with Crippen molar-refractivity contribution in [3.05, 3.63) is 27.1 Å². The maximum absolute atomic E-state index is 12.9. The Balaban J connectivity index is 3.33. The Kier molecular flexibility index (Phi) is 5.35. The van der Waals surface area contributed by atoms with Crippen LogP contribution in [0.1, 0.15) is 0 Å². The number of halogens is 7. The van der Waals surface area contributed by atoms with Gasteiger partial charge in [-0.25, -0.2) is 16.8 Å². The second-order valence-electron chi connectivity index (χ2n) is 3.71. The molecule has 0 atom stereocenters. The topological polar surface area (TPSA) is 80.3 Å². The zero-order chi connectivity index (χ0) is 17.6.